The van der Waals surface area contributed by atoms with E-state index in [4.69, 9.17) is 0 Å². The van der Waals surface area contributed by atoms with Gasteiger partial charge in [0.2, 0.25) is 0 Å². The van der Waals surface area contributed by atoms with Crippen molar-refractivity contribution in [2.45, 2.75) is 49.9 Å². The number of hydrogen-bond acceptors (Lipinski definition) is 0. The van der Waals surface area contributed by atoms with Crippen molar-refractivity contribution in [2.24, 2.45) is 0 Å². The first kappa shape index (κ1) is 13.4. The van der Waals surface area contributed by atoms with E-state index in [1.807, 2.05) is 0 Å². The molecule has 0 unspecified atom stereocenters. The second-order valence-electron chi connectivity index (χ2n) is 2.52. The molecule has 3 radical (unpaired) electrons. The Hall–Kier alpha value is 0.759. The first-order valence-corrected chi connectivity index (χ1v) is 6.08. The van der Waals surface area contributed by atoms with Crippen molar-refractivity contribution in [3.8, 4) is 0 Å². The van der Waals surface area contributed by atoms with Crippen molar-refractivity contribution in [3.63, 3.8) is 0 Å². The van der Waals surface area contributed by atoms with Crippen LogP contribution in [-0.4, -0.2) is 28.0 Å². The molecule has 0 aliphatic carbocycles. The standard InChI is InChI=1S/C8H17.H2O.Sn/c1-3-5-7-8-6-4-2;;/h1,3-8H2,2H3;1H2;. The van der Waals surface area contributed by atoms with Crippen LogP contribution in [0.4, 0.5) is 0 Å². The predicted octanol–water partition coefficient (Wildman–Crippen LogP) is 2.11. The third-order valence-electron chi connectivity index (χ3n) is 1.53. The van der Waals surface area contributed by atoms with E-state index in [9.17, 15) is 0 Å². The molecule has 0 aliphatic heterocycles. The molecule has 10 heavy (non-hydrogen) atoms. The molecule has 0 rings (SSSR count). The van der Waals surface area contributed by atoms with Gasteiger partial charge in [-0.25, -0.2) is 0 Å². The van der Waals surface area contributed by atoms with Crippen LogP contribution in [0.5, 0.6) is 0 Å². The van der Waals surface area contributed by atoms with Gasteiger partial charge in [-0.15, -0.1) is 0 Å². The van der Waals surface area contributed by atoms with Gasteiger partial charge in [-0.1, -0.05) is 0 Å². The molecule has 0 amide bonds. The molecule has 0 aliphatic rings. The third-order valence-corrected chi connectivity index (χ3v) is 2.54. The summed E-state index contributed by atoms with van der Waals surface area (Å²) in [6.45, 7) is 2.27. The molecular weight excluding hydrogens is 231 g/mol. The maximum Gasteiger partial charge on any atom is -0.412 e. The van der Waals surface area contributed by atoms with Gasteiger partial charge in [0.1, 0.15) is 0 Å². The van der Waals surface area contributed by atoms with Gasteiger partial charge in [0, 0.05) is 0 Å². The number of hydrogen-bond donors (Lipinski definition) is 0. The zero-order chi connectivity index (χ0) is 6.95. The van der Waals surface area contributed by atoms with Crippen LogP contribution in [0.2, 0.25) is 4.44 Å². The fourth-order valence-electron chi connectivity index (χ4n) is 0.905. The van der Waals surface area contributed by atoms with Crippen molar-refractivity contribution in [2.75, 3.05) is 0 Å². The van der Waals surface area contributed by atoms with E-state index in [1.165, 1.54) is 43.0 Å². The molecule has 61 valence electrons. The van der Waals surface area contributed by atoms with E-state index in [0.29, 0.717) is 0 Å². The average molecular weight is 250 g/mol. The second kappa shape index (κ2) is 12.4. The minimum Gasteiger partial charge on any atom is -0.412 e. The summed E-state index contributed by atoms with van der Waals surface area (Å²) in [5, 5.41) is 0. The zero-order valence-corrected chi connectivity index (χ0v) is 9.80. The van der Waals surface area contributed by atoms with Gasteiger partial charge in [-0.2, -0.15) is 0 Å². The summed E-state index contributed by atoms with van der Waals surface area (Å²) in [6.07, 6.45) is 8.71. The van der Waals surface area contributed by atoms with Gasteiger partial charge in [0.25, 0.3) is 0 Å². The summed E-state index contributed by atoms with van der Waals surface area (Å²) in [6, 6.07) is 0. The molecule has 2 N–H and O–H groups in total. The fourth-order valence-corrected chi connectivity index (χ4v) is 1.62. The predicted molar refractivity (Wildman–Crippen MR) is 47.6 cm³/mol. The van der Waals surface area contributed by atoms with Crippen molar-refractivity contribution < 1.29 is 5.48 Å². The molecule has 0 saturated heterocycles. The molecule has 0 atom stereocenters. The van der Waals surface area contributed by atoms with Crippen LogP contribution in [0, 0.1) is 0 Å². The van der Waals surface area contributed by atoms with Crippen LogP contribution in [-0.2, 0) is 0 Å². The summed E-state index contributed by atoms with van der Waals surface area (Å²) in [4.78, 5) is 0. The molecule has 2 heteroatoms. The fraction of sp³-hybridized carbons (Fsp3) is 1.00. The Balaban J connectivity index is 0. The monoisotopic (exact) mass is 251 g/mol. The maximum absolute atomic E-state index is 2.27. The van der Waals surface area contributed by atoms with E-state index < -0.39 is 0 Å². The summed E-state index contributed by atoms with van der Waals surface area (Å²) in [5.41, 5.74) is 0. The molecule has 0 aromatic rings. The van der Waals surface area contributed by atoms with Crippen LogP contribution in [0.25, 0.3) is 0 Å². The average Bonchev–Trinajstić information content (AvgIpc) is 1.89. The quantitative estimate of drug-likeness (QED) is 0.510. The normalized spacial score (nSPS) is 9.00. The van der Waals surface area contributed by atoms with E-state index >= 15 is 0 Å². The van der Waals surface area contributed by atoms with Gasteiger partial charge >= 0.3 is 72.4 Å². The molecule has 0 bridgehead atoms. The first-order valence-electron chi connectivity index (χ1n) is 4.06. The Morgan fingerprint density at radius 1 is 0.900 bits per heavy atom. The Bertz CT molecular complexity index is 42.5. The summed E-state index contributed by atoms with van der Waals surface area (Å²) >= 11 is 1.71. The molecule has 0 fully saturated rings. The molecule has 0 aromatic carbocycles. The van der Waals surface area contributed by atoms with Gasteiger partial charge < -0.3 is 5.48 Å². The number of unbranched alkanes of at least 4 members (excludes halogenated alkanes) is 5. The van der Waals surface area contributed by atoms with Gasteiger partial charge in [0.15, 0.2) is 0 Å². The zero-order valence-electron chi connectivity index (χ0n) is 6.95. The van der Waals surface area contributed by atoms with Crippen molar-refractivity contribution in [1.29, 1.82) is 0 Å². The third kappa shape index (κ3) is 11.5. The number of rotatable bonds is 6. The van der Waals surface area contributed by atoms with Crippen LogP contribution in [0.3, 0.4) is 0 Å². The Labute approximate surface area is 78.0 Å². The SMILES string of the molecule is CCCCCCC[CH2][Sn].O. The maximum atomic E-state index is 2.27. The molecule has 1 nitrogen and oxygen atoms in total. The van der Waals surface area contributed by atoms with Crippen LogP contribution < -0.4 is 0 Å². The topological polar surface area (TPSA) is 31.5 Å². The van der Waals surface area contributed by atoms with E-state index in [2.05, 4.69) is 6.92 Å². The van der Waals surface area contributed by atoms with E-state index in [-0.39, 0.29) is 5.48 Å². The van der Waals surface area contributed by atoms with Crippen molar-refractivity contribution in [1.82, 2.24) is 0 Å². The Kier molecular flexibility index (Phi) is 16.6. The summed E-state index contributed by atoms with van der Waals surface area (Å²) < 4.78 is 1.46. The summed E-state index contributed by atoms with van der Waals surface area (Å²) in [5.74, 6) is 0. The molecule has 0 saturated carbocycles. The van der Waals surface area contributed by atoms with Crippen molar-refractivity contribution in [3.05, 3.63) is 0 Å². The molecule has 0 spiro atoms. The van der Waals surface area contributed by atoms with Crippen LogP contribution in [0.15, 0.2) is 0 Å². The molecule has 0 heterocycles. The smallest absolute Gasteiger partial charge is 0.412 e. The minimum absolute atomic E-state index is 0. The van der Waals surface area contributed by atoms with E-state index in [1.54, 1.807) is 22.5 Å². The Morgan fingerprint density at radius 3 is 1.90 bits per heavy atom. The second-order valence-corrected chi connectivity index (χ2v) is 3.94. The van der Waals surface area contributed by atoms with Crippen molar-refractivity contribution >= 4 is 22.5 Å². The van der Waals surface area contributed by atoms with Gasteiger partial charge in [0.05, 0.1) is 0 Å². The largest absolute Gasteiger partial charge is 0.412 e. The van der Waals surface area contributed by atoms with E-state index in [0.717, 1.165) is 0 Å². The van der Waals surface area contributed by atoms with Crippen LogP contribution in [0.1, 0.15) is 45.4 Å². The first-order chi connectivity index (χ1) is 4.41. The van der Waals surface area contributed by atoms with Gasteiger partial charge in [-0.05, 0) is 0 Å². The minimum atomic E-state index is 0. The summed E-state index contributed by atoms with van der Waals surface area (Å²) in [7, 11) is 0. The molecular formula is C8H19OSn. The van der Waals surface area contributed by atoms with Gasteiger partial charge in [-0.3, -0.25) is 0 Å². The Morgan fingerprint density at radius 2 is 1.40 bits per heavy atom. The molecule has 0 aromatic heterocycles. The van der Waals surface area contributed by atoms with Crippen LogP contribution >= 0.6 is 0 Å².